The Morgan fingerprint density at radius 2 is 2.44 bits per heavy atom. The fourth-order valence-corrected chi connectivity index (χ4v) is 3.06. The third kappa shape index (κ3) is 2.58. The number of aryl methyl sites for hydroxylation is 1. The molecular formula is C13H15NOS. The predicted octanol–water partition coefficient (Wildman–Crippen LogP) is 3.14. The van der Waals surface area contributed by atoms with E-state index >= 15 is 0 Å². The Bertz CT molecular complexity index is 405. The molecule has 0 bridgehead atoms. The Balaban J connectivity index is 2.05. The van der Waals surface area contributed by atoms with Gasteiger partial charge in [-0.05, 0) is 31.4 Å². The fourth-order valence-electron chi connectivity index (χ4n) is 1.88. The second-order valence-corrected chi connectivity index (χ2v) is 5.04. The van der Waals surface area contributed by atoms with Crippen LogP contribution in [0.15, 0.2) is 23.1 Å². The molecule has 0 saturated carbocycles. The Labute approximate surface area is 101 Å². The summed E-state index contributed by atoms with van der Waals surface area (Å²) in [5, 5.41) is 9.04. The zero-order valence-electron chi connectivity index (χ0n) is 9.40. The maximum atomic E-state index is 9.04. The summed E-state index contributed by atoms with van der Waals surface area (Å²) in [5.74, 6) is 0.958. The number of ether oxygens (including phenoxy) is 1. The molecule has 3 heteroatoms. The van der Waals surface area contributed by atoms with Gasteiger partial charge in [-0.3, -0.25) is 0 Å². The molecule has 0 radical (unpaired) electrons. The normalized spacial score (nSPS) is 19.6. The van der Waals surface area contributed by atoms with Gasteiger partial charge in [-0.1, -0.05) is 12.1 Å². The Kier molecular flexibility index (Phi) is 3.87. The van der Waals surface area contributed by atoms with Crippen LogP contribution in [0.3, 0.4) is 0 Å². The Morgan fingerprint density at radius 3 is 3.12 bits per heavy atom. The van der Waals surface area contributed by atoms with Crippen LogP contribution in [0.2, 0.25) is 0 Å². The van der Waals surface area contributed by atoms with Crippen LogP contribution in [-0.4, -0.2) is 18.5 Å². The molecule has 1 aliphatic heterocycles. The van der Waals surface area contributed by atoms with Crippen LogP contribution in [0, 0.1) is 18.3 Å². The van der Waals surface area contributed by atoms with Crippen molar-refractivity contribution in [2.45, 2.75) is 30.8 Å². The molecule has 2 rings (SSSR count). The summed E-state index contributed by atoms with van der Waals surface area (Å²) in [6.45, 7) is 2.95. The molecule has 1 atom stereocenters. The van der Waals surface area contributed by atoms with E-state index < -0.39 is 0 Å². The van der Waals surface area contributed by atoms with E-state index in [9.17, 15) is 0 Å². The SMILES string of the molecule is Cc1cccc(C#N)c1SCC1CCCO1. The average molecular weight is 233 g/mol. The molecule has 0 spiro atoms. The van der Waals surface area contributed by atoms with Gasteiger partial charge < -0.3 is 4.74 Å². The molecule has 1 heterocycles. The van der Waals surface area contributed by atoms with E-state index in [-0.39, 0.29) is 0 Å². The lowest BCUT2D eigenvalue weighted by molar-refractivity contribution is 0.129. The quantitative estimate of drug-likeness (QED) is 0.752. The van der Waals surface area contributed by atoms with Crippen molar-refractivity contribution in [2.24, 2.45) is 0 Å². The minimum Gasteiger partial charge on any atom is -0.377 e. The molecule has 1 aromatic carbocycles. The van der Waals surface area contributed by atoms with Crippen molar-refractivity contribution in [3.63, 3.8) is 0 Å². The molecule has 16 heavy (non-hydrogen) atoms. The van der Waals surface area contributed by atoms with Gasteiger partial charge in [-0.25, -0.2) is 0 Å². The largest absolute Gasteiger partial charge is 0.377 e. The summed E-state index contributed by atoms with van der Waals surface area (Å²) < 4.78 is 5.58. The van der Waals surface area contributed by atoms with Crippen molar-refractivity contribution in [1.29, 1.82) is 5.26 Å². The van der Waals surface area contributed by atoms with Gasteiger partial charge in [0, 0.05) is 17.3 Å². The molecule has 0 aromatic heterocycles. The molecular weight excluding hydrogens is 218 g/mol. The number of nitriles is 1. The number of nitrogens with zero attached hydrogens (tertiary/aromatic N) is 1. The topological polar surface area (TPSA) is 33.0 Å². The van der Waals surface area contributed by atoms with Gasteiger partial charge in [0.25, 0.3) is 0 Å². The second-order valence-electron chi connectivity index (χ2n) is 4.01. The van der Waals surface area contributed by atoms with Crippen LogP contribution in [-0.2, 0) is 4.74 Å². The average Bonchev–Trinajstić information content (AvgIpc) is 2.80. The number of hydrogen-bond donors (Lipinski definition) is 0. The van der Waals surface area contributed by atoms with E-state index in [1.165, 1.54) is 12.0 Å². The first-order chi connectivity index (χ1) is 7.81. The van der Waals surface area contributed by atoms with Crippen molar-refractivity contribution in [1.82, 2.24) is 0 Å². The zero-order chi connectivity index (χ0) is 11.4. The van der Waals surface area contributed by atoms with Crippen LogP contribution in [0.5, 0.6) is 0 Å². The number of rotatable bonds is 3. The maximum Gasteiger partial charge on any atom is 0.100 e. The van der Waals surface area contributed by atoms with Gasteiger partial charge in [0.1, 0.15) is 6.07 Å². The molecule has 1 aliphatic rings. The van der Waals surface area contributed by atoms with Crippen LogP contribution < -0.4 is 0 Å². The second kappa shape index (κ2) is 5.38. The monoisotopic (exact) mass is 233 g/mol. The first kappa shape index (κ1) is 11.5. The molecule has 84 valence electrons. The first-order valence-electron chi connectivity index (χ1n) is 5.55. The molecule has 1 unspecified atom stereocenters. The summed E-state index contributed by atoms with van der Waals surface area (Å²) in [7, 11) is 0. The highest BCUT2D eigenvalue weighted by Gasteiger charge is 2.16. The minimum atomic E-state index is 0.371. The lowest BCUT2D eigenvalue weighted by atomic mass is 10.1. The summed E-state index contributed by atoms with van der Waals surface area (Å²) >= 11 is 1.75. The molecule has 0 N–H and O–H groups in total. The van der Waals surface area contributed by atoms with Crippen molar-refractivity contribution < 1.29 is 4.74 Å². The van der Waals surface area contributed by atoms with Gasteiger partial charge in [0.15, 0.2) is 0 Å². The van der Waals surface area contributed by atoms with Gasteiger partial charge in [0.2, 0.25) is 0 Å². The Hall–Kier alpha value is -0.980. The highest BCUT2D eigenvalue weighted by atomic mass is 32.2. The molecule has 2 nitrogen and oxygen atoms in total. The van der Waals surface area contributed by atoms with E-state index in [2.05, 4.69) is 19.1 Å². The molecule has 0 aliphatic carbocycles. The van der Waals surface area contributed by atoms with Gasteiger partial charge in [-0.15, -0.1) is 11.8 Å². The predicted molar refractivity (Wildman–Crippen MR) is 65.6 cm³/mol. The van der Waals surface area contributed by atoms with E-state index in [0.717, 1.165) is 29.2 Å². The van der Waals surface area contributed by atoms with Crippen molar-refractivity contribution in [3.05, 3.63) is 29.3 Å². The van der Waals surface area contributed by atoms with E-state index in [0.29, 0.717) is 6.10 Å². The van der Waals surface area contributed by atoms with Crippen LogP contribution in [0.25, 0.3) is 0 Å². The third-order valence-electron chi connectivity index (χ3n) is 2.77. The van der Waals surface area contributed by atoms with E-state index in [1.807, 2.05) is 12.1 Å². The first-order valence-corrected chi connectivity index (χ1v) is 6.54. The van der Waals surface area contributed by atoms with Crippen molar-refractivity contribution in [2.75, 3.05) is 12.4 Å². The molecule has 1 aromatic rings. The standard InChI is InChI=1S/C13H15NOS/c1-10-4-2-5-11(8-14)13(10)16-9-12-6-3-7-15-12/h2,4-5,12H,3,6-7,9H2,1H3. The smallest absolute Gasteiger partial charge is 0.100 e. The number of benzene rings is 1. The van der Waals surface area contributed by atoms with Gasteiger partial charge in [-0.2, -0.15) is 5.26 Å². The van der Waals surface area contributed by atoms with E-state index in [4.69, 9.17) is 10.00 Å². The fraction of sp³-hybridized carbons (Fsp3) is 0.462. The molecule has 1 saturated heterocycles. The lowest BCUT2D eigenvalue weighted by Gasteiger charge is -2.11. The highest BCUT2D eigenvalue weighted by molar-refractivity contribution is 7.99. The number of thioether (sulfide) groups is 1. The number of hydrogen-bond acceptors (Lipinski definition) is 3. The summed E-state index contributed by atoms with van der Waals surface area (Å²) in [4.78, 5) is 1.11. The van der Waals surface area contributed by atoms with Crippen LogP contribution in [0.1, 0.15) is 24.0 Å². The minimum absolute atomic E-state index is 0.371. The Morgan fingerprint density at radius 1 is 1.56 bits per heavy atom. The molecule has 0 amide bonds. The van der Waals surface area contributed by atoms with Gasteiger partial charge in [0.05, 0.1) is 11.7 Å². The summed E-state index contributed by atoms with van der Waals surface area (Å²) in [6, 6.07) is 8.12. The summed E-state index contributed by atoms with van der Waals surface area (Å²) in [5.41, 5.74) is 1.96. The lowest BCUT2D eigenvalue weighted by Crippen LogP contribution is -2.08. The zero-order valence-corrected chi connectivity index (χ0v) is 10.2. The summed E-state index contributed by atoms with van der Waals surface area (Å²) in [6.07, 6.45) is 2.70. The van der Waals surface area contributed by atoms with Crippen LogP contribution in [0.4, 0.5) is 0 Å². The van der Waals surface area contributed by atoms with Crippen molar-refractivity contribution in [3.8, 4) is 6.07 Å². The van der Waals surface area contributed by atoms with Crippen molar-refractivity contribution >= 4 is 11.8 Å². The van der Waals surface area contributed by atoms with E-state index in [1.54, 1.807) is 11.8 Å². The van der Waals surface area contributed by atoms with Crippen LogP contribution >= 0.6 is 11.8 Å². The maximum absolute atomic E-state index is 9.04. The van der Waals surface area contributed by atoms with Gasteiger partial charge >= 0.3 is 0 Å². The third-order valence-corrected chi connectivity index (χ3v) is 4.14. The molecule has 1 fully saturated rings. The highest BCUT2D eigenvalue weighted by Crippen LogP contribution is 2.29.